The Hall–Kier alpha value is -1.23. The van der Waals surface area contributed by atoms with Crippen LogP contribution in [-0.2, 0) is 6.42 Å². The minimum Gasteiger partial charge on any atom is -0.330 e. The number of nitrogens with zero attached hydrogens (tertiary/aromatic N) is 2. The molecule has 0 bridgehead atoms. The molecule has 0 aliphatic heterocycles. The summed E-state index contributed by atoms with van der Waals surface area (Å²) >= 11 is 1.72. The van der Waals surface area contributed by atoms with Gasteiger partial charge in [0.05, 0.1) is 11.7 Å². The van der Waals surface area contributed by atoms with Gasteiger partial charge < -0.3 is 5.73 Å². The summed E-state index contributed by atoms with van der Waals surface area (Å²) in [7, 11) is 4.19. The van der Waals surface area contributed by atoms with Crippen molar-refractivity contribution in [1.29, 1.82) is 0 Å². The van der Waals surface area contributed by atoms with Gasteiger partial charge in [0.25, 0.3) is 0 Å². The van der Waals surface area contributed by atoms with E-state index >= 15 is 0 Å². The van der Waals surface area contributed by atoms with E-state index in [4.69, 9.17) is 10.7 Å². The summed E-state index contributed by atoms with van der Waals surface area (Å²) in [5, 5.41) is 3.26. The average molecular weight is 275 g/mol. The molecule has 4 heteroatoms. The monoisotopic (exact) mass is 275 g/mol. The van der Waals surface area contributed by atoms with Crippen LogP contribution in [0.2, 0.25) is 0 Å². The lowest BCUT2D eigenvalue weighted by Crippen LogP contribution is -2.21. The fourth-order valence-corrected chi connectivity index (χ4v) is 3.29. The van der Waals surface area contributed by atoms with Crippen molar-refractivity contribution in [3.05, 3.63) is 51.5 Å². The summed E-state index contributed by atoms with van der Waals surface area (Å²) in [6, 6.07) is 8.85. The Morgan fingerprint density at radius 3 is 2.79 bits per heavy atom. The largest absolute Gasteiger partial charge is 0.330 e. The SMILES string of the molecule is Cc1cccc(C(c2nc(CCN)cs2)N(C)C)c1. The van der Waals surface area contributed by atoms with Gasteiger partial charge in [0.15, 0.2) is 0 Å². The standard InChI is InChI=1S/C15H21N3S/c1-11-5-4-6-12(9-11)14(18(2)3)15-17-13(7-8-16)10-19-15/h4-6,9-10,14H,7-8,16H2,1-3H3. The lowest BCUT2D eigenvalue weighted by molar-refractivity contribution is 0.341. The van der Waals surface area contributed by atoms with Crippen LogP contribution in [0.15, 0.2) is 29.6 Å². The van der Waals surface area contributed by atoms with Crippen molar-refractivity contribution in [2.45, 2.75) is 19.4 Å². The molecule has 0 saturated carbocycles. The zero-order valence-corrected chi connectivity index (χ0v) is 12.6. The molecular weight excluding hydrogens is 254 g/mol. The van der Waals surface area contributed by atoms with Crippen LogP contribution in [-0.4, -0.2) is 30.5 Å². The predicted octanol–water partition coefficient (Wildman–Crippen LogP) is 2.60. The Morgan fingerprint density at radius 2 is 2.16 bits per heavy atom. The van der Waals surface area contributed by atoms with E-state index in [9.17, 15) is 0 Å². The lowest BCUT2D eigenvalue weighted by Gasteiger charge is -2.23. The number of benzene rings is 1. The maximum Gasteiger partial charge on any atom is 0.115 e. The topological polar surface area (TPSA) is 42.1 Å². The number of nitrogens with two attached hydrogens (primary N) is 1. The minimum absolute atomic E-state index is 0.219. The predicted molar refractivity (Wildman–Crippen MR) is 81.6 cm³/mol. The Kier molecular flexibility index (Phi) is 4.69. The Labute approximate surface area is 119 Å². The molecule has 19 heavy (non-hydrogen) atoms. The molecule has 0 radical (unpaired) electrons. The maximum absolute atomic E-state index is 5.59. The second-order valence-electron chi connectivity index (χ2n) is 5.00. The third-order valence-electron chi connectivity index (χ3n) is 3.08. The molecule has 0 spiro atoms. The van der Waals surface area contributed by atoms with Crippen LogP contribution in [0.1, 0.15) is 27.9 Å². The Bertz CT molecular complexity index is 534. The van der Waals surface area contributed by atoms with Crippen molar-refractivity contribution in [2.75, 3.05) is 20.6 Å². The van der Waals surface area contributed by atoms with Gasteiger partial charge in [0.2, 0.25) is 0 Å². The highest BCUT2D eigenvalue weighted by Gasteiger charge is 2.20. The van der Waals surface area contributed by atoms with Gasteiger partial charge in [-0.1, -0.05) is 29.8 Å². The van der Waals surface area contributed by atoms with Crippen LogP contribution in [0.3, 0.4) is 0 Å². The fourth-order valence-electron chi connectivity index (χ4n) is 2.21. The van der Waals surface area contributed by atoms with Crippen molar-refractivity contribution in [3.63, 3.8) is 0 Å². The van der Waals surface area contributed by atoms with Gasteiger partial charge in [-0.05, 0) is 33.1 Å². The molecule has 2 rings (SSSR count). The lowest BCUT2D eigenvalue weighted by atomic mass is 10.0. The molecule has 1 unspecified atom stereocenters. The summed E-state index contributed by atoms with van der Waals surface area (Å²) in [5.74, 6) is 0. The first-order valence-corrected chi connectivity index (χ1v) is 7.37. The van der Waals surface area contributed by atoms with Crippen LogP contribution in [0.5, 0.6) is 0 Å². The van der Waals surface area contributed by atoms with Gasteiger partial charge >= 0.3 is 0 Å². The van der Waals surface area contributed by atoms with Crippen molar-refractivity contribution < 1.29 is 0 Å². The van der Waals surface area contributed by atoms with Gasteiger partial charge in [-0.25, -0.2) is 4.98 Å². The molecule has 3 nitrogen and oxygen atoms in total. The number of hydrogen-bond donors (Lipinski definition) is 1. The molecule has 0 aliphatic rings. The second kappa shape index (κ2) is 6.28. The molecular formula is C15H21N3S. The number of aryl methyl sites for hydroxylation is 1. The normalized spacial score (nSPS) is 12.9. The van der Waals surface area contributed by atoms with E-state index in [0.29, 0.717) is 6.54 Å². The summed E-state index contributed by atoms with van der Waals surface area (Å²) in [5.41, 5.74) is 9.26. The van der Waals surface area contributed by atoms with Gasteiger partial charge in [0, 0.05) is 11.8 Å². The van der Waals surface area contributed by atoms with Crippen LogP contribution in [0.25, 0.3) is 0 Å². The fraction of sp³-hybridized carbons (Fsp3) is 0.400. The highest BCUT2D eigenvalue weighted by molar-refractivity contribution is 7.09. The second-order valence-corrected chi connectivity index (χ2v) is 5.89. The first-order valence-electron chi connectivity index (χ1n) is 6.49. The van der Waals surface area contributed by atoms with Crippen molar-refractivity contribution in [2.24, 2.45) is 5.73 Å². The van der Waals surface area contributed by atoms with Gasteiger partial charge in [-0.15, -0.1) is 11.3 Å². The average Bonchev–Trinajstić information content (AvgIpc) is 2.78. The van der Waals surface area contributed by atoms with Crippen LogP contribution in [0, 0.1) is 6.92 Å². The molecule has 1 aromatic heterocycles. The van der Waals surface area contributed by atoms with E-state index in [0.717, 1.165) is 17.1 Å². The van der Waals surface area contributed by atoms with Crippen molar-refractivity contribution in [3.8, 4) is 0 Å². The van der Waals surface area contributed by atoms with Crippen LogP contribution in [0.4, 0.5) is 0 Å². The molecule has 0 fully saturated rings. The minimum atomic E-state index is 0.219. The number of rotatable bonds is 5. The van der Waals surface area contributed by atoms with Crippen molar-refractivity contribution in [1.82, 2.24) is 9.88 Å². The summed E-state index contributed by atoms with van der Waals surface area (Å²) in [6.07, 6.45) is 0.852. The molecule has 0 saturated heterocycles. The summed E-state index contributed by atoms with van der Waals surface area (Å²) < 4.78 is 0. The first-order chi connectivity index (χ1) is 9.11. The number of hydrogen-bond acceptors (Lipinski definition) is 4. The quantitative estimate of drug-likeness (QED) is 0.912. The van der Waals surface area contributed by atoms with Crippen LogP contribution >= 0.6 is 11.3 Å². The Morgan fingerprint density at radius 1 is 1.37 bits per heavy atom. The smallest absolute Gasteiger partial charge is 0.115 e. The number of aromatic nitrogens is 1. The molecule has 102 valence electrons. The molecule has 1 aromatic carbocycles. The van der Waals surface area contributed by atoms with Gasteiger partial charge in [-0.3, -0.25) is 4.90 Å². The first kappa shape index (κ1) is 14.2. The molecule has 0 aliphatic carbocycles. The molecule has 0 amide bonds. The molecule has 2 aromatic rings. The summed E-state index contributed by atoms with van der Waals surface area (Å²) in [6.45, 7) is 2.78. The van der Waals surface area contributed by atoms with Gasteiger partial charge in [-0.2, -0.15) is 0 Å². The van der Waals surface area contributed by atoms with E-state index in [1.165, 1.54) is 11.1 Å². The van der Waals surface area contributed by atoms with E-state index in [-0.39, 0.29) is 6.04 Å². The molecule has 1 heterocycles. The van der Waals surface area contributed by atoms with Crippen LogP contribution < -0.4 is 5.73 Å². The van der Waals surface area contributed by atoms with Gasteiger partial charge in [0.1, 0.15) is 5.01 Å². The van der Waals surface area contributed by atoms with E-state index in [1.54, 1.807) is 11.3 Å². The summed E-state index contributed by atoms with van der Waals surface area (Å²) in [4.78, 5) is 6.93. The maximum atomic E-state index is 5.59. The van der Waals surface area contributed by atoms with Crippen molar-refractivity contribution >= 4 is 11.3 Å². The third kappa shape index (κ3) is 3.41. The Balaban J connectivity index is 2.34. The van der Waals surface area contributed by atoms with E-state index < -0.39 is 0 Å². The molecule has 1 atom stereocenters. The highest BCUT2D eigenvalue weighted by atomic mass is 32.1. The van der Waals surface area contributed by atoms with E-state index in [1.807, 2.05) is 0 Å². The zero-order valence-electron chi connectivity index (χ0n) is 11.8. The molecule has 2 N–H and O–H groups in total. The zero-order chi connectivity index (χ0) is 13.8. The third-order valence-corrected chi connectivity index (χ3v) is 4.02. The highest BCUT2D eigenvalue weighted by Crippen LogP contribution is 2.29. The van der Waals surface area contributed by atoms with E-state index in [2.05, 4.69) is 55.6 Å². The number of thiazole rings is 1.